The van der Waals surface area contributed by atoms with Crippen molar-refractivity contribution in [2.75, 3.05) is 20.3 Å². The van der Waals surface area contributed by atoms with E-state index in [4.69, 9.17) is 4.74 Å². The maximum absolute atomic E-state index is 13.6. The van der Waals surface area contributed by atoms with Crippen LogP contribution in [0.15, 0.2) is 47.5 Å². The average molecular weight is 470 g/mol. The van der Waals surface area contributed by atoms with E-state index in [0.29, 0.717) is 13.0 Å². The average Bonchev–Trinajstić information content (AvgIpc) is 2.75. The highest BCUT2D eigenvalue weighted by Gasteiger charge is 2.17. The van der Waals surface area contributed by atoms with Gasteiger partial charge in [0.05, 0.1) is 0 Å². The highest BCUT2D eigenvalue weighted by atomic mass is 32.2. The Morgan fingerprint density at radius 1 is 0.969 bits per heavy atom. The summed E-state index contributed by atoms with van der Waals surface area (Å²) in [4.78, 5) is 13.2. The maximum atomic E-state index is 13.6. The predicted molar refractivity (Wildman–Crippen MR) is 112 cm³/mol. The van der Waals surface area contributed by atoms with Gasteiger partial charge in [-0.25, -0.2) is 22.3 Å². The van der Waals surface area contributed by atoms with Crippen molar-refractivity contribution in [1.29, 1.82) is 0 Å². The van der Waals surface area contributed by atoms with Gasteiger partial charge in [0.15, 0.2) is 29.1 Å². The van der Waals surface area contributed by atoms with Gasteiger partial charge in [0.1, 0.15) is 0 Å². The zero-order valence-electron chi connectivity index (χ0n) is 17.0. The molecule has 0 radical (unpaired) electrons. The Morgan fingerprint density at radius 2 is 1.50 bits per heavy atom. The van der Waals surface area contributed by atoms with Gasteiger partial charge >= 0.3 is 0 Å². The Balaban J connectivity index is 2.47. The zero-order chi connectivity index (χ0) is 23.7. The Hall–Kier alpha value is -2.66. The molecule has 2 aromatic rings. The molecule has 2 aromatic carbocycles. The lowest BCUT2D eigenvalue weighted by Gasteiger charge is -2.13. The van der Waals surface area contributed by atoms with E-state index < -0.39 is 46.9 Å². The Morgan fingerprint density at radius 3 is 1.97 bits per heavy atom. The summed E-state index contributed by atoms with van der Waals surface area (Å²) < 4.78 is 82.6. The molecule has 0 aliphatic carbocycles. The fraction of sp³-hybridized carbons (Fsp3) is 0.227. The second-order valence-corrected chi connectivity index (χ2v) is 7.43. The van der Waals surface area contributed by atoms with Crippen molar-refractivity contribution in [3.05, 3.63) is 81.9 Å². The largest absolute Gasteiger partial charge is 0.760 e. The molecule has 1 unspecified atom stereocenters. The SMILES string of the molecule is COCCC/C(=C\c1ccc(F)c(F)c1)C(=O)/C(=C/c1ccc(F)c(F)c1)CNS(=O)[O-]. The number of hydrogen-bond donors (Lipinski definition) is 1. The fourth-order valence-electron chi connectivity index (χ4n) is 2.80. The minimum absolute atomic E-state index is 0.0635. The van der Waals surface area contributed by atoms with Crippen molar-refractivity contribution in [2.24, 2.45) is 0 Å². The molecule has 0 amide bonds. The second-order valence-electron chi connectivity index (χ2n) is 6.67. The van der Waals surface area contributed by atoms with Crippen molar-refractivity contribution in [3.63, 3.8) is 0 Å². The van der Waals surface area contributed by atoms with E-state index in [1.165, 1.54) is 31.4 Å². The van der Waals surface area contributed by atoms with Crippen molar-refractivity contribution >= 4 is 29.2 Å². The van der Waals surface area contributed by atoms with Crippen LogP contribution in [0, 0.1) is 23.3 Å². The minimum Gasteiger partial charge on any atom is -0.760 e. The number of nitrogens with one attached hydrogen (secondary N) is 1. The molecule has 1 atom stereocenters. The molecule has 0 aromatic heterocycles. The van der Waals surface area contributed by atoms with E-state index in [2.05, 4.69) is 4.72 Å². The summed E-state index contributed by atoms with van der Waals surface area (Å²) in [6.07, 6.45) is 3.17. The summed E-state index contributed by atoms with van der Waals surface area (Å²) in [6, 6.07) is 6.08. The Labute approximate surface area is 185 Å². The van der Waals surface area contributed by atoms with Crippen LogP contribution in [0.2, 0.25) is 0 Å². The van der Waals surface area contributed by atoms with E-state index in [-0.39, 0.29) is 28.7 Å². The predicted octanol–water partition coefficient (Wildman–Crippen LogP) is 4.09. The van der Waals surface area contributed by atoms with Gasteiger partial charge < -0.3 is 9.29 Å². The third kappa shape index (κ3) is 7.79. The topological polar surface area (TPSA) is 78.5 Å². The molecular formula is C22H20F4NO4S-. The Kier molecular flexibility index (Phi) is 9.92. The first kappa shape index (κ1) is 25.6. The molecule has 172 valence electrons. The van der Waals surface area contributed by atoms with Crippen molar-refractivity contribution in [3.8, 4) is 0 Å². The third-order valence-corrected chi connectivity index (χ3v) is 4.71. The van der Waals surface area contributed by atoms with Gasteiger partial charge in [-0.05, 0) is 60.4 Å². The molecule has 5 nitrogen and oxygen atoms in total. The summed E-state index contributed by atoms with van der Waals surface area (Å²) in [5, 5.41) is 0. The molecule has 0 saturated heterocycles. The van der Waals surface area contributed by atoms with Crippen molar-refractivity contribution in [1.82, 2.24) is 4.72 Å². The number of hydrogen-bond acceptors (Lipinski definition) is 4. The number of ketones is 1. The minimum atomic E-state index is -2.69. The van der Waals surface area contributed by atoms with Gasteiger partial charge in [0.25, 0.3) is 0 Å². The number of methoxy groups -OCH3 is 1. The van der Waals surface area contributed by atoms with Crippen LogP contribution < -0.4 is 4.72 Å². The quantitative estimate of drug-likeness (QED) is 0.232. The van der Waals surface area contributed by atoms with E-state index >= 15 is 0 Å². The zero-order valence-corrected chi connectivity index (χ0v) is 17.8. The number of allylic oxidation sites excluding steroid dienone is 1. The van der Waals surface area contributed by atoms with E-state index in [9.17, 15) is 31.1 Å². The molecule has 32 heavy (non-hydrogen) atoms. The van der Waals surface area contributed by atoms with Crippen LogP contribution in [-0.4, -0.2) is 34.8 Å². The van der Waals surface area contributed by atoms with Gasteiger partial charge in [-0.2, -0.15) is 0 Å². The molecule has 0 bridgehead atoms. The molecule has 0 spiro atoms. The van der Waals surface area contributed by atoms with Gasteiger partial charge in [-0.3, -0.25) is 9.00 Å². The first-order chi connectivity index (χ1) is 15.2. The van der Waals surface area contributed by atoms with Gasteiger partial charge in [-0.15, -0.1) is 0 Å². The molecule has 0 fully saturated rings. The number of ether oxygens (including phenoxy) is 1. The molecule has 0 saturated carbocycles. The lowest BCUT2D eigenvalue weighted by Crippen LogP contribution is -2.23. The number of halogens is 4. The van der Waals surface area contributed by atoms with Crippen LogP contribution in [0.5, 0.6) is 0 Å². The summed E-state index contributed by atoms with van der Waals surface area (Å²) in [5.41, 5.74) is 0.457. The molecule has 0 heterocycles. The number of carbonyl (C=O) groups is 1. The van der Waals surface area contributed by atoms with Gasteiger partial charge in [0.2, 0.25) is 0 Å². The van der Waals surface area contributed by atoms with E-state index in [1.807, 2.05) is 0 Å². The number of carbonyl (C=O) groups excluding carboxylic acids is 1. The van der Waals surface area contributed by atoms with Crippen LogP contribution in [0.1, 0.15) is 24.0 Å². The van der Waals surface area contributed by atoms with Crippen molar-refractivity contribution in [2.45, 2.75) is 12.8 Å². The molecular weight excluding hydrogens is 450 g/mol. The highest BCUT2D eigenvalue weighted by Crippen LogP contribution is 2.21. The second kappa shape index (κ2) is 12.4. The lowest BCUT2D eigenvalue weighted by atomic mass is 9.95. The smallest absolute Gasteiger partial charge is 0.186 e. The van der Waals surface area contributed by atoms with Crippen LogP contribution in [-0.2, 0) is 20.8 Å². The first-order valence-electron chi connectivity index (χ1n) is 9.39. The molecule has 1 N–H and O–H groups in total. The van der Waals surface area contributed by atoms with Gasteiger partial charge in [0, 0.05) is 42.7 Å². The number of rotatable bonds is 11. The molecule has 0 aliphatic rings. The summed E-state index contributed by atoms with van der Waals surface area (Å²) in [6.45, 7) is -0.110. The normalized spacial score (nSPS) is 13.3. The fourth-order valence-corrected chi connectivity index (χ4v) is 3.08. The lowest BCUT2D eigenvalue weighted by molar-refractivity contribution is -0.112. The monoisotopic (exact) mass is 470 g/mol. The maximum Gasteiger partial charge on any atom is 0.186 e. The van der Waals surface area contributed by atoms with Crippen LogP contribution in [0.4, 0.5) is 17.6 Å². The van der Waals surface area contributed by atoms with E-state index in [1.54, 1.807) is 0 Å². The van der Waals surface area contributed by atoms with Crippen LogP contribution in [0.25, 0.3) is 12.2 Å². The molecule has 0 aliphatic heterocycles. The summed E-state index contributed by atoms with van der Waals surface area (Å²) in [7, 11) is 1.47. The van der Waals surface area contributed by atoms with Gasteiger partial charge in [-0.1, -0.05) is 12.1 Å². The van der Waals surface area contributed by atoms with Crippen LogP contribution in [0.3, 0.4) is 0 Å². The standard InChI is InChI=1S/C22H21F4NO4S/c1-31-8-2-3-16(9-14-4-6-18(23)20(25)11-14)22(28)17(13-27-32(29)30)10-15-5-7-19(24)21(26)12-15/h4-7,9-12,27H,2-3,8,13H2,1H3,(H,29,30)/p-1/b16-9+,17-10+. The Bertz CT molecular complexity index is 1060. The van der Waals surface area contributed by atoms with Crippen LogP contribution >= 0.6 is 0 Å². The van der Waals surface area contributed by atoms with E-state index in [0.717, 1.165) is 24.3 Å². The summed E-state index contributed by atoms with van der Waals surface area (Å²) >= 11 is -2.69. The summed E-state index contributed by atoms with van der Waals surface area (Å²) in [5.74, 6) is -4.96. The molecule has 2 rings (SSSR count). The van der Waals surface area contributed by atoms with Crippen molar-refractivity contribution < 1.29 is 35.9 Å². The number of Topliss-reactive ketones (excluding diaryl/α,β-unsaturated/α-hetero) is 1. The third-order valence-electron chi connectivity index (χ3n) is 4.33. The highest BCUT2D eigenvalue weighted by molar-refractivity contribution is 7.77. The molecule has 10 heteroatoms. The number of benzene rings is 2. The first-order valence-corrected chi connectivity index (χ1v) is 10.5.